The fraction of sp³-hybridized carbons (Fsp3) is 0.485. The Kier molecular flexibility index (Phi) is 9.02. The largest absolute Gasteiger partial charge is 0.492 e. The first-order chi connectivity index (χ1) is 19.2. The van der Waals surface area contributed by atoms with Crippen molar-refractivity contribution in [1.29, 1.82) is 0 Å². The molecular formula is C33H42FN3O4. The third-order valence-electron chi connectivity index (χ3n) is 7.57. The molecule has 1 aliphatic rings. The standard InChI is InChI=1S/C33H42FN3O4/c1-21-18-23(8-10-26(21)34)12-17-40-24-9-11-27(36-19-24)25-20-35-22(2)28(30(31(38)39)41-32(3,4)5)29(25)37-15-13-33(6,7)14-16-37/h8-11,18-20,30H,12-17H2,1-7H3,(H,38,39). The number of carbonyl (C=O) groups is 1. The lowest BCUT2D eigenvalue weighted by atomic mass is 9.82. The Morgan fingerprint density at radius 1 is 1.10 bits per heavy atom. The Morgan fingerprint density at radius 3 is 2.39 bits per heavy atom. The number of rotatable bonds is 9. The zero-order chi connectivity index (χ0) is 29.9. The second-order valence-corrected chi connectivity index (χ2v) is 12.7. The summed E-state index contributed by atoms with van der Waals surface area (Å²) in [6.45, 7) is 15.7. The maximum atomic E-state index is 13.6. The predicted molar refractivity (Wildman–Crippen MR) is 159 cm³/mol. The highest BCUT2D eigenvalue weighted by Crippen LogP contribution is 2.43. The maximum Gasteiger partial charge on any atom is 0.337 e. The van der Waals surface area contributed by atoms with Gasteiger partial charge in [-0.15, -0.1) is 0 Å². The number of aryl methyl sites for hydroxylation is 2. The van der Waals surface area contributed by atoms with Crippen molar-refractivity contribution >= 4 is 11.7 Å². The summed E-state index contributed by atoms with van der Waals surface area (Å²) < 4.78 is 25.6. The molecule has 1 aromatic carbocycles. The number of nitrogens with zero attached hydrogens (tertiary/aromatic N) is 3. The summed E-state index contributed by atoms with van der Waals surface area (Å²) in [5.74, 6) is -0.641. The van der Waals surface area contributed by atoms with Crippen molar-refractivity contribution in [3.63, 3.8) is 0 Å². The number of carboxylic acids is 1. The third kappa shape index (κ3) is 7.61. The van der Waals surface area contributed by atoms with Crippen molar-refractivity contribution in [2.45, 2.75) is 79.4 Å². The van der Waals surface area contributed by atoms with E-state index in [4.69, 9.17) is 14.5 Å². The lowest BCUT2D eigenvalue weighted by Crippen LogP contribution is -2.39. The predicted octanol–water partition coefficient (Wildman–Crippen LogP) is 7.09. The number of aliphatic carboxylic acids is 1. The van der Waals surface area contributed by atoms with Gasteiger partial charge in [0.1, 0.15) is 11.6 Å². The summed E-state index contributed by atoms with van der Waals surface area (Å²) in [5, 5.41) is 10.3. The smallest absolute Gasteiger partial charge is 0.337 e. The molecule has 0 aliphatic carbocycles. The zero-order valence-corrected chi connectivity index (χ0v) is 25.3. The number of carboxylic acid groups (broad SMARTS) is 1. The summed E-state index contributed by atoms with van der Waals surface area (Å²) >= 11 is 0. The summed E-state index contributed by atoms with van der Waals surface area (Å²) in [4.78, 5) is 24.2. The van der Waals surface area contributed by atoms with Crippen LogP contribution in [0.2, 0.25) is 0 Å². The van der Waals surface area contributed by atoms with Crippen molar-refractivity contribution < 1.29 is 23.8 Å². The first kappa shape index (κ1) is 30.4. The number of hydrogen-bond donors (Lipinski definition) is 1. The van der Waals surface area contributed by atoms with Crippen LogP contribution >= 0.6 is 0 Å². The van der Waals surface area contributed by atoms with E-state index in [9.17, 15) is 14.3 Å². The Labute approximate surface area is 242 Å². The molecule has 3 heterocycles. The van der Waals surface area contributed by atoms with Gasteiger partial charge in [-0.2, -0.15) is 0 Å². The molecule has 1 atom stereocenters. The topological polar surface area (TPSA) is 84.8 Å². The van der Waals surface area contributed by atoms with Gasteiger partial charge in [-0.05, 0) is 82.2 Å². The van der Waals surface area contributed by atoms with E-state index in [1.54, 1.807) is 25.4 Å². The van der Waals surface area contributed by atoms with Crippen LogP contribution in [0.4, 0.5) is 10.1 Å². The average Bonchev–Trinajstić information content (AvgIpc) is 2.89. The van der Waals surface area contributed by atoms with Crippen molar-refractivity contribution in [1.82, 2.24) is 9.97 Å². The van der Waals surface area contributed by atoms with Gasteiger partial charge in [0.25, 0.3) is 0 Å². The molecule has 0 saturated carbocycles. The minimum absolute atomic E-state index is 0.213. The monoisotopic (exact) mass is 563 g/mol. The van der Waals surface area contributed by atoms with Crippen LogP contribution in [-0.2, 0) is 16.0 Å². The van der Waals surface area contributed by atoms with Crippen LogP contribution < -0.4 is 9.64 Å². The van der Waals surface area contributed by atoms with Gasteiger partial charge in [0.15, 0.2) is 6.10 Å². The zero-order valence-electron chi connectivity index (χ0n) is 25.3. The van der Waals surface area contributed by atoms with Crippen LogP contribution in [0.1, 0.15) is 75.9 Å². The van der Waals surface area contributed by atoms with E-state index in [1.165, 1.54) is 6.07 Å². The normalized spacial score (nSPS) is 16.0. The quantitative estimate of drug-likeness (QED) is 0.298. The lowest BCUT2D eigenvalue weighted by Gasteiger charge is -2.40. The van der Waals surface area contributed by atoms with E-state index < -0.39 is 17.7 Å². The molecule has 220 valence electrons. The average molecular weight is 564 g/mol. The van der Waals surface area contributed by atoms with Crippen molar-refractivity contribution in [3.8, 4) is 17.0 Å². The SMILES string of the molecule is Cc1cc(CCOc2ccc(-c3cnc(C)c(C(OC(C)(C)C)C(=O)O)c3N3CCC(C)(C)CC3)nc2)ccc1F. The van der Waals surface area contributed by atoms with Crippen molar-refractivity contribution in [2.75, 3.05) is 24.6 Å². The highest BCUT2D eigenvalue weighted by molar-refractivity contribution is 5.85. The van der Waals surface area contributed by atoms with Crippen LogP contribution in [0.5, 0.6) is 5.75 Å². The molecule has 0 bridgehead atoms. The Balaban J connectivity index is 1.66. The molecule has 41 heavy (non-hydrogen) atoms. The van der Waals surface area contributed by atoms with E-state index >= 15 is 0 Å². The van der Waals surface area contributed by atoms with Gasteiger partial charge in [0.05, 0.1) is 29.8 Å². The van der Waals surface area contributed by atoms with E-state index in [-0.39, 0.29) is 11.2 Å². The Bertz CT molecular complexity index is 1370. The van der Waals surface area contributed by atoms with E-state index in [0.29, 0.717) is 41.3 Å². The molecule has 1 fully saturated rings. The second kappa shape index (κ2) is 12.1. The minimum atomic E-state index is -1.18. The van der Waals surface area contributed by atoms with Gasteiger partial charge in [0.2, 0.25) is 0 Å². The van der Waals surface area contributed by atoms with E-state index in [1.807, 2.05) is 45.9 Å². The molecule has 0 radical (unpaired) electrons. The fourth-order valence-electron chi connectivity index (χ4n) is 5.15. The molecule has 4 rings (SSSR count). The second-order valence-electron chi connectivity index (χ2n) is 12.7. The van der Waals surface area contributed by atoms with Crippen LogP contribution in [0.15, 0.2) is 42.7 Å². The molecule has 1 N–H and O–H groups in total. The number of aromatic nitrogens is 2. The lowest BCUT2D eigenvalue weighted by molar-refractivity contribution is -0.160. The number of ether oxygens (including phenoxy) is 2. The third-order valence-corrected chi connectivity index (χ3v) is 7.57. The van der Waals surface area contributed by atoms with Gasteiger partial charge in [-0.3, -0.25) is 9.97 Å². The molecule has 0 spiro atoms. The number of hydrogen-bond acceptors (Lipinski definition) is 6. The van der Waals surface area contributed by atoms with Crippen LogP contribution in [0, 0.1) is 25.1 Å². The fourth-order valence-corrected chi connectivity index (χ4v) is 5.15. The molecule has 1 unspecified atom stereocenters. The highest BCUT2D eigenvalue weighted by Gasteiger charge is 2.36. The van der Waals surface area contributed by atoms with Gasteiger partial charge >= 0.3 is 5.97 Å². The number of piperidine rings is 1. The van der Waals surface area contributed by atoms with Gasteiger partial charge in [0, 0.05) is 42.5 Å². The summed E-state index contributed by atoms with van der Waals surface area (Å²) in [6.07, 6.45) is 4.90. The van der Waals surface area contributed by atoms with Crippen LogP contribution in [0.25, 0.3) is 11.3 Å². The summed E-state index contributed by atoms with van der Waals surface area (Å²) in [5.41, 5.74) is 4.63. The van der Waals surface area contributed by atoms with E-state index in [2.05, 4.69) is 23.7 Å². The molecule has 1 saturated heterocycles. The molecule has 7 nitrogen and oxygen atoms in total. The van der Waals surface area contributed by atoms with Gasteiger partial charge < -0.3 is 19.5 Å². The van der Waals surface area contributed by atoms with Gasteiger partial charge in [-0.25, -0.2) is 9.18 Å². The molecule has 0 amide bonds. The maximum absolute atomic E-state index is 13.6. The first-order valence-electron chi connectivity index (χ1n) is 14.2. The molecule has 8 heteroatoms. The number of benzene rings is 1. The minimum Gasteiger partial charge on any atom is -0.492 e. The van der Waals surface area contributed by atoms with Crippen LogP contribution in [-0.4, -0.2) is 46.3 Å². The van der Waals surface area contributed by atoms with Crippen molar-refractivity contribution in [3.05, 3.63) is 70.9 Å². The number of pyridine rings is 2. The summed E-state index contributed by atoms with van der Waals surface area (Å²) in [6, 6.07) is 8.82. The summed E-state index contributed by atoms with van der Waals surface area (Å²) in [7, 11) is 0. The Hall–Kier alpha value is -3.52. The molecule has 2 aromatic heterocycles. The van der Waals surface area contributed by atoms with Crippen LogP contribution in [0.3, 0.4) is 0 Å². The van der Waals surface area contributed by atoms with Crippen molar-refractivity contribution in [2.24, 2.45) is 5.41 Å². The molecular weight excluding hydrogens is 521 g/mol. The highest BCUT2D eigenvalue weighted by atomic mass is 19.1. The first-order valence-corrected chi connectivity index (χ1v) is 14.2. The number of halogens is 1. The van der Waals surface area contributed by atoms with Gasteiger partial charge in [-0.1, -0.05) is 26.0 Å². The number of anilines is 1. The van der Waals surface area contributed by atoms with E-state index in [0.717, 1.165) is 42.7 Å². The molecule has 3 aromatic rings. The molecule has 1 aliphatic heterocycles. The Morgan fingerprint density at radius 2 is 1.80 bits per heavy atom.